The van der Waals surface area contributed by atoms with E-state index in [1.54, 1.807) is 12.1 Å². The van der Waals surface area contributed by atoms with E-state index in [-0.39, 0.29) is 30.9 Å². The summed E-state index contributed by atoms with van der Waals surface area (Å²) < 4.78 is 32.1. The Kier molecular flexibility index (Phi) is 3.86. The molecule has 4 rings (SSSR count). The van der Waals surface area contributed by atoms with Gasteiger partial charge in [-0.05, 0) is 29.3 Å². The smallest absolute Gasteiger partial charge is 0.282 e. The number of rotatable bonds is 2. The first kappa shape index (κ1) is 16.0. The van der Waals surface area contributed by atoms with Crippen molar-refractivity contribution in [1.82, 2.24) is 9.97 Å². The number of fused-ring (bicyclic) bond motifs is 1. The summed E-state index contributed by atoms with van der Waals surface area (Å²) in [5, 5.41) is 0.694. The van der Waals surface area contributed by atoms with Crippen molar-refractivity contribution in [3.8, 4) is 0 Å². The summed E-state index contributed by atoms with van der Waals surface area (Å²) in [6.07, 6.45) is 0. The second-order valence-corrected chi connectivity index (χ2v) is 6.79. The van der Waals surface area contributed by atoms with Gasteiger partial charge in [0.15, 0.2) is 0 Å². The third-order valence-corrected chi connectivity index (χ3v) is 4.69. The van der Waals surface area contributed by atoms with E-state index in [1.165, 1.54) is 4.90 Å². The van der Waals surface area contributed by atoms with Crippen LogP contribution in [0.4, 0.5) is 14.6 Å². The molecule has 2 aliphatic heterocycles. The Bertz CT molecular complexity index is 778. The van der Waals surface area contributed by atoms with Gasteiger partial charge < -0.3 is 9.64 Å². The van der Waals surface area contributed by atoms with Gasteiger partial charge in [-0.1, -0.05) is 23.7 Å². The third-order valence-electron chi connectivity index (χ3n) is 4.27. The van der Waals surface area contributed by atoms with Crippen molar-refractivity contribution in [3.63, 3.8) is 0 Å². The number of hydrogen-bond acceptors (Lipinski definition) is 4. The molecule has 4 nitrogen and oxygen atoms in total. The minimum Gasteiger partial charge on any atom is -0.376 e. The maximum absolute atomic E-state index is 13.2. The number of aromatic nitrogens is 2. The number of ether oxygens (including phenoxy) is 1. The average molecular weight is 372 g/mol. The SMILES string of the molecule is FC1(F)CN(c2nc(Cl)nc3c2COCC3c2ccc(Cl)cc2)C1. The van der Waals surface area contributed by atoms with Crippen LogP contribution in [-0.2, 0) is 11.3 Å². The topological polar surface area (TPSA) is 38.2 Å². The van der Waals surface area contributed by atoms with E-state index in [0.29, 0.717) is 17.4 Å². The Morgan fingerprint density at radius 2 is 1.83 bits per heavy atom. The Labute approximate surface area is 147 Å². The molecule has 0 amide bonds. The predicted molar refractivity (Wildman–Crippen MR) is 87.2 cm³/mol. The van der Waals surface area contributed by atoms with Crippen LogP contribution in [0.1, 0.15) is 22.7 Å². The normalized spacial score (nSPS) is 22.0. The van der Waals surface area contributed by atoms with Crippen LogP contribution < -0.4 is 4.90 Å². The largest absolute Gasteiger partial charge is 0.376 e. The van der Waals surface area contributed by atoms with Crippen molar-refractivity contribution in [2.24, 2.45) is 0 Å². The molecule has 0 N–H and O–H groups in total. The molecule has 1 aromatic carbocycles. The maximum Gasteiger partial charge on any atom is 0.282 e. The van der Waals surface area contributed by atoms with Gasteiger partial charge in [-0.2, -0.15) is 0 Å². The van der Waals surface area contributed by atoms with Crippen LogP contribution in [-0.4, -0.2) is 35.6 Å². The molecule has 0 radical (unpaired) electrons. The van der Waals surface area contributed by atoms with Crippen LogP contribution in [0.2, 0.25) is 10.3 Å². The molecule has 2 aliphatic rings. The quantitative estimate of drug-likeness (QED) is 0.750. The Morgan fingerprint density at radius 3 is 2.50 bits per heavy atom. The molecule has 1 atom stereocenters. The van der Waals surface area contributed by atoms with Gasteiger partial charge in [0.2, 0.25) is 5.28 Å². The Morgan fingerprint density at radius 1 is 1.12 bits per heavy atom. The molecule has 2 aromatic rings. The number of nitrogens with zero attached hydrogens (tertiary/aromatic N) is 3. The average Bonchev–Trinajstić information content (AvgIpc) is 2.52. The predicted octanol–water partition coefficient (Wildman–Crippen LogP) is 3.90. The molecule has 3 heterocycles. The van der Waals surface area contributed by atoms with Gasteiger partial charge in [-0.3, -0.25) is 0 Å². The van der Waals surface area contributed by atoms with Gasteiger partial charge in [-0.15, -0.1) is 0 Å². The Hall–Kier alpha value is -1.50. The van der Waals surface area contributed by atoms with Crippen molar-refractivity contribution >= 4 is 29.0 Å². The van der Waals surface area contributed by atoms with E-state index in [2.05, 4.69) is 9.97 Å². The highest BCUT2D eigenvalue weighted by Crippen LogP contribution is 2.39. The standard InChI is InChI=1S/C16H13Cl2F2N3O/c17-10-3-1-9(2-4-10)11-5-24-6-12-13(11)21-15(18)22-14(12)23-7-16(19,20)8-23/h1-4,11H,5-8H2. The lowest BCUT2D eigenvalue weighted by Crippen LogP contribution is -2.57. The summed E-state index contributed by atoms with van der Waals surface area (Å²) in [4.78, 5) is 10.0. The molecule has 0 bridgehead atoms. The summed E-state index contributed by atoms with van der Waals surface area (Å²) in [6.45, 7) is 0.00234. The van der Waals surface area contributed by atoms with Crippen molar-refractivity contribution in [1.29, 1.82) is 0 Å². The van der Waals surface area contributed by atoms with Crippen LogP contribution in [0.15, 0.2) is 24.3 Å². The molecule has 1 fully saturated rings. The summed E-state index contributed by atoms with van der Waals surface area (Å²) in [5.74, 6) is -2.38. The molecular weight excluding hydrogens is 359 g/mol. The first-order valence-electron chi connectivity index (χ1n) is 7.45. The zero-order chi connectivity index (χ0) is 16.9. The highest BCUT2D eigenvalue weighted by Gasteiger charge is 2.46. The van der Waals surface area contributed by atoms with Gasteiger partial charge in [0.1, 0.15) is 5.82 Å². The van der Waals surface area contributed by atoms with E-state index >= 15 is 0 Å². The summed E-state index contributed by atoms with van der Waals surface area (Å²) in [7, 11) is 0. The first-order chi connectivity index (χ1) is 11.4. The van der Waals surface area contributed by atoms with Crippen LogP contribution >= 0.6 is 23.2 Å². The molecule has 1 aromatic heterocycles. The van der Waals surface area contributed by atoms with Crippen molar-refractivity contribution in [2.45, 2.75) is 18.4 Å². The van der Waals surface area contributed by atoms with Gasteiger partial charge in [0.25, 0.3) is 5.92 Å². The van der Waals surface area contributed by atoms with E-state index < -0.39 is 5.92 Å². The fourth-order valence-electron chi connectivity index (χ4n) is 3.12. The lowest BCUT2D eigenvalue weighted by Gasteiger charge is -2.41. The van der Waals surface area contributed by atoms with Crippen molar-refractivity contribution in [3.05, 3.63) is 51.4 Å². The molecule has 1 saturated heterocycles. The minimum atomic E-state index is -2.69. The van der Waals surface area contributed by atoms with Gasteiger partial charge in [0, 0.05) is 10.6 Å². The van der Waals surface area contributed by atoms with E-state index in [1.807, 2.05) is 12.1 Å². The lowest BCUT2D eigenvalue weighted by atomic mass is 9.91. The number of anilines is 1. The van der Waals surface area contributed by atoms with Gasteiger partial charge >= 0.3 is 0 Å². The molecule has 0 aliphatic carbocycles. The van der Waals surface area contributed by atoms with E-state index in [9.17, 15) is 8.78 Å². The molecule has 8 heteroatoms. The molecule has 0 spiro atoms. The number of benzene rings is 1. The van der Waals surface area contributed by atoms with Gasteiger partial charge in [0.05, 0.1) is 37.9 Å². The third kappa shape index (κ3) is 2.83. The zero-order valence-electron chi connectivity index (χ0n) is 12.5. The first-order valence-corrected chi connectivity index (χ1v) is 8.21. The molecule has 126 valence electrons. The highest BCUT2D eigenvalue weighted by molar-refractivity contribution is 6.30. The van der Waals surface area contributed by atoms with Crippen LogP contribution in [0.25, 0.3) is 0 Å². The molecule has 0 saturated carbocycles. The number of alkyl halides is 2. The van der Waals surface area contributed by atoms with Crippen LogP contribution in [0.3, 0.4) is 0 Å². The summed E-state index contributed by atoms with van der Waals surface area (Å²) >= 11 is 12.0. The summed E-state index contributed by atoms with van der Waals surface area (Å²) in [5.41, 5.74) is 2.44. The second kappa shape index (κ2) is 5.79. The van der Waals surface area contributed by atoms with Crippen LogP contribution in [0, 0.1) is 0 Å². The fourth-order valence-corrected chi connectivity index (χ4v) is 3.42. The second-order valence-electron chi connectivity index (χ2n) is 6.01. The molecule has 1 unspecified atom stereocenters. The minimum absolute atomic E-state index is 0.0554. The van der Waals surface area contributed by atoms with Crippen molar-refractivity contribution in [2.75, 3.05) is 24.6 Å². The number of hydrogen-bond donors (Lipinski definition) is 0. The lowest BCUT2D eigenvalue weighted by molar-refractivity contribution is -0.0271. The number of halogens is 4. The van der Waals surface area contributed by atoms with Crippen LogP contribution in [0.5, 0.6) is 0 Å². The monoisotopic (exact) mass is 371 g/mol. The molecule has 24 heavy (non-hydrogen) atoms. The Balaban J connectivity index is 1.75. The van der Waals surface area contributed by atoms with Gasteiger partial charge in [-0.25, -0.2) is 18.7 Å². The fraction of sp³-hybridized carbons (Fsp3) is 0.375. The zero-order valence-corrected chi connectivity index (χ0v) is 14.0. The highest BCUT2D eigenvalue weighted by atomic mass is 35.5. The van der Waals surface area contributed by atoms with E-state index in [0.717, 1.165) is 16.8 Å². The maximum atomic E-state index is 13.2. The molecular formula is C16H13Cl2F2N3O. The summed E-state index contributed by atoms with van der Waals surface area (Å²) in [6, 6.07) is 7.40. The van der Waals surface area contributed by atoms with E-state index in [4.69, 9.17) is 27.9 Å². The van der Waals surface area contributed by atoms with Crippen molar-refractivity contribution < 1.29 is 13.5 Å².